The van der Waals surface area contributed by atoms with E-state index in [4.69, 9.17) is 16.3 Å². The van der Waals surface area contributed by atoms with Gasteiger partial charge in [-0.1, -0.05) is 30.7 Å². The van der Waals surface area contributed by atoms with Crippen molar-refractivity contribution >= 4 is 17.5 Å². The zero-order chi connectivity index (χ0) is 14.8. The SMILES string of the molecule is CCC1NC(c2cccc(Cl)c2)N(CC2CCCO2)C1=O. The first kappa shape index (κ1) is 14.8. The maximum Gasteiger partial charge on any atom is 0.241 e. The Morgan fingerprint density at radius 2 is 2.33 bits per heavy atom. The molecule has 5 heteroatoms. The monoisotopic (exact) mass is 308 g/mol. The number of hydrogen-bond acceptors (Lipinski definition) is 3. The van der Waals surface area contributed by atoms with Crippen LogP contribution in [-0.4, -0.2) is 36.1 Å². The van der Waals surface area contributed by atoms with Gasteiger partial charge in [0.2, 0.25) is 5.91 Å². The molecule has 1 amide bonds. The molecule has 2 heterocycles. The van der Waals surface area contributed by atoms with Crippen molar-refractivity contribution in [3.05, 3.63) is 34.9 Å². The number of amides is 1. The average Bonchev–Trinajstić information content (AvgIpc) is 3.09. The quantitative estimate of drug-likeness (QED) is 0.930. The number of rotatable bonds is 4. The second kappa shape index (κ2) is 6.34. The van der Waals surface area contributed by atoms with Gasteiger partial charge >= 0.3 is 0 Å². The van der Waals surface area contributed by atoms with Gasteiger partial charge in [-0.3, -0.25) is 10.1 Å². The van der Waals surface area contributed by atoms with Crippen molar-refractivity contribution in [2.75, 3.05) is 13.2 Å². The number of ether oxygens (including phenoxy) is 1. The molecule has 4 nitrogen and oxygen atoms in total. The minimum atomic E-state index is -0.115. The molecule has 1 aromatic rings. The van der Waals surface area contributed by atoms with Gasteiger partial charge in [0.25, 0.3) is 0 Å². The number of nitrogens with one attached hydrogen (secondary N) is 1. The predicted molar refractivity (Wildman–Crippen MR) is 82.1 cm³/mol. The highest BCUT2D eigenvalue weighted by molar-refractivity contribution is 6.30. The zero-order valence-corrected chi connectivity index (χ0v) is 13.0. The first-order valence-corrected chi connectivity index (χ1v) is 8.00. The Bertz CT molecular complexity index is 517. The molecule has 3 unspecified atom stereocenters. The summed E-state index contributed by atoms with van der Waals surface area (Å²) in [5, 5.41) is 4.11. The molecule has 1 aromatic carbocycles. The third kappa shape index (κ3) is 3.07. The van der Waals surface area contributed by atoms with Crippen molar-refractivity contribution in [2.24, 2.45) is 0 Å². The highest BCUT2D eigenvalue weighted by Crippen LogP contribution is 2.29. The van der Waals surface area contributed by atoms with Gasteiger partial charge in [0, 0.05) is 18.2 Å². The fraction of sp³-hybridized carbons (Fsp3) is 0.562. The van der Waals surface area contributed by atoms with Crippen molar-refractivity contribution in [1.29, 1.82) is 0 Å². The molecule has 1 N–H and O–H groups in total. The van der Waals surface area contributed by atoms with Crippen molar-refractivity contribution in [2.45, 2.75) is 44.5 Å². The lowest BCUT2D eigenvalue weighted by Gasteiger charge is -2.27. The predicted octanol–water partition coefficient (Wildman–Crippen LogP) is 2.73. The molecule has 3 rings (SSSR count). The molecule has 3 atom stereocenters. The number of nitrogens with zero attached hydrogens (tertiary/aromatic N) is 1. The van der Waals surface area contributed by atoms with Crippen LogP contribution in [0.25, 0.3) is 0 Å². The maximum absolute atomic E-state index is 12.6. The second-order valence-corrected chi connectivity index (χ2v) is 6.15. The first-order valence-electron chi connectivity index (χ1n) is 7.62. The van der Waals surface area contributed by atoms with E-state index in [0.717, 1.165) is 31.4 Å². The van der Waals surface area contributed by atoms with E-state index in [1.807, 2.05) is 36.1 Å². The Morgan fingerprint density at radius 3 is 3.00 bits per heavy atom. The highest BCUT2D eigenvalue weighted by atomic mass is 35.5. The third-order valence-electron chi connectivity index (χ3n) is 4.25. The Hall–Kier alpha value is -1.10. The van der Waals surface area contributed by atoms with Crippen molar-refractivity contribution in [1.82, 2.24) is 10.2 Å². The Morgan fingerprint density at radius 1 is 1.48 bits per heavy atom. The zero-order valence-electron chi connectivity index (χ0n) is 12.2. The number of carbonyl (C=O) groups excluding carboxylic acids is 1. The van der Waals surface area contributed by atoms with E-state index in [-0.39, 0.29) is 24.2 Å². The smallest absolute Gasteiger partial charge is 0.241 e. The summed E-state index contributed by atoms with van der Waals surface area (Å²) in [4.78, 5) is 14.5. The molecule has 0 aliphatic carbocycles. The van der Waals surface area contributed by atoms with Crippen molar-refractivity contribution in [3.8, 4) is 0 Å². The molecular formula is C16H21ClN2O2. The number of carbonyl (C=O) groups is 1. The molecule has 0 aromatic heterocycles. The van der Waals surface area contributed by atoms with Gasteiger partial charge in [0.05, 0.1) is 12.1 Å². The maximum atomic E-state index is 12.6. The van der Waals surface area contributed by atoms with Crippen molar-refractivity contribution in [3.63, 3.8) is 0 Å². The topological polar surface area (TPSA) is 41.6 Å². The van der Waals surface area contributed by atoms with E-state index in [1.165, 1.54) is 0 Å². The summed E-state index contributed by atoms with van der Waals surface area (Å²) in [7, 11) is 0. The molecule has 0 bridgehead atoms. The van der Waals surface area contributed by atoms with Crippen LogP contribution in [0.1, 0.15) is 37.9 Å². The standard InChI is InChI=1S/C16H21ClN2O2/c1-2-14-16(20)19(10-13-7-4-8-21-13)15(18-14)11-5-3-6-12(17)9-11/h3,5-6,9,13-15,18H,2,4,7-8,10H2,1H3. The lowest BCUT2D eigenvalue weighted by atomic mass is 10.1. The van der Waals surface area contributed by atoms with Crippen LogP contribution in [0.5, 0.6) is 0 Å². The van der Waals surface area contributed by atoms with Crippen LogP contribution in [0.15, 0.2) is 24.3 Å². The summed E-state index contributed by atoms with van der Waals surface area (Å²) in [5.41, 5.74) is 1.03. The Balaban J connectivity index is 1.83. The Kier molecular flexibility index (Phi) is 4.48. The summed E-state index contributed by atoms with van der Waals surface area (Å²) in [6.07, 6.45) is 2.96. The molecule has 2 saturated heterocycles. The molecular weight excluding hydrogens is 288 g/mol. The first-order chi connectivity index (χ1) is 10.2. The average molecular weight is 309 g/mol. The third-order valence-corrected chi connectivity index (χ3v) is 4.48. The van der Waals surface area contributed by atoms with E-state index in [9.17, 15) is 4.79 Å². The second-order valence-electron chi connectivity index (χ2n) is 5.71. The number of halogens is 1. The van der Waals surface area contributed by atoms with E-state index in [0.29, 0.717) is 11.6 Å². The highest BCUT2D eigenvalue weighted by Gasteiger charge is 2.40. The van der Waals surface area contributed by atoms with Gasteiger partial charge in [0.1, 0.15) is 6.17 Å². The summed E-state index contributed by atoms with van der Waals surface area (Å²) >= 11 is 6.09. The lowest BCUT2D eigenvalue weighted by molar-refractivity contribution is -0.131. The molecule has 114 valence electrons. The molecule has 2 aliphatic rings. The van der Waals surface area contributed by atoms with E-state index in [1.54, 1.807) is 0 Å². The van der Waals surface area contributed by atoms with E-state index < -0.39 is 0 Å². The summed E-state index contributed by atoms with van der Waals surface area (Å²) in [6.45, 7) is 3.48. The van der Waals surface area contributed by atoms with Crippen LogP contribution in [0.3, 0.4) is 0 Å². The summed E-state index contributed by atoms with van der Waals surface area (Å²) in [5.74, 6) is 0.165. The fourth-order valence-corrected chi connectivity index (χ4v) is 3.33. The molecule has 0 saturated carbocycles. The van der Waals surface area contributed by atoms with Gasteiger partial charge in [-0.25, -0.2) is 0 Å². The molecule has 2 fully saturated rings. The van der Waals surface area contributed by atoms with Gasteiger partial charge in [-0.15, -0.1) is 0 Å². The van der Waals surface area contributed by atoms with Crippen LogP contribution in [0.4, 0.5) is 0 Å². The van der Waals surface area contributed by atoms with E-state index >= 15 is 0 Å². The van der Waals surface area contributed by atoms with Gasteiger partial charge < -0.3 is 9.64 Å². The van der Waals surface area contributed by atoms with Gasteiger partial charge in [-0.05, 0) is 37.0 Å². The van der Waals surface area contributed by atoms with Crippen LogP contribution in [0.2, 0.25) is 5.02 Å². The minimum absolute atomic E-state index is 0.106. The normalized spacial score (nSPS) is 29.3. The van der Waals surface area contributed by atoms with Crippen LogP contribution in [-0.2, 0) is 9.53 Å². The van der Waals surface area contributed by atoms with Crippen LogP contribution >= 0.6 is 11.6 Å². The number of benzene rings is 1. The van der Waals surface area contributed by atoms with Crippen molar-refractivity contribution < 1.29 is 9.53 Å². The molecule has 0 radical (unpaired) electrons. The summed E-state index contributed by atoms with van der Waals surface area (Å²) < 4.78 is 5.69. The van der Waals surface area contributed by atoms with E-state index in [2.05, 4.69) is 5.32 Å². The Labute approximate surface area is 130 Å². The van der Waals surface area contributed by atoms with Gasteiger partial charge in [-0.2, -0.15) is 0 Å². The minimum Gasteiger partial charge on any atom is -0.376 e. The molecule has 0 spiro atoms. The molecule has 2 aliphatic heterocycles. The summed E-state index contributed by atoms with van der Waals surface area (Å²) in [6, 6.07) is 7.59. The van der Waals surface area contributed by atoms with Crippen LogP contribution < -0.4 is 5.32 Å². The van der Waals surface area contributed by atoms with Crippen LogP contribution in [0, 0.1) is 0 Å². The lowest BCUT2D eigenvalue weighted by Crippen LogP contribution is -2.37. The largest absolute Gasteiger partial charge is 0.376 e. The fourth-order valence-electron chi connectivity index (χ4n) is 3.13. The van der Waals surface area contributed by atoms with Gasteiger partial charge in [0.15, 0.2) is 0 Å². The molecule has 21 heavy (non-hydrogen) atoms. The number of hydrogen-bond donors (Lipinski definition) is 1.